The first-order chi connectivity index (χ1) is 8.72. The minimum atomic E-state index is -0.102. The molecule has 1 aromatic heterocycles. The zero-order chi connectivity index (χ0) is 13.0. The zero-order valence-electron chi connectivity index (χ0n) is 10.8. The number of hydrogen-bond acceptors (Lipinski definition) is 3. The van der Waals surface area contributed by atoms with E-state index in [-0.39, 0.29) is 6.04 Å². The van der Waals surface area contributed by atoms with Gasteiger partial charge in [-0.1, -0.05) is 24.3 Å². The molecule has 0 radical (unpaired) electrons. The molecule has 0 spiro atoms. The van der Waals surface area contributed by atoms with E-state index in [1.54, 1.807) is 13.3 Å². The Morgan fingerprint density at radius 1 is 1.22 bits per heavy atom. The van der Waals surface area contributed by atoms with Crippen LogP contribution in [0, 0.1) is 6.92 Å². The average molecular weight is 242 g/mol. The van der Waals surface area contributed by atoms with Crippen LogP contribution >= 0.6 is 0 Å². The van der Waals surface area contributed by atoms with Crippen LogP contribution in [0.2, 0.25) is 0 Å². The van der Waals surface area contributed by atoms with Crippen molar-refractivity contribution in [3.8, 4) is 5.75 Å². The molecule has 0 aliphatic carbocycles. The van der Waals surface area contributed by atoms with Crippen LogP contribution in [0.15, 0.2) is 42.6 Å². The highest BCUT2D eigenvalue weighted by molar-refractivity contribution is 5.36. The van der Waals surface area contributed by atoms with Crippen LogP contribution in [0.1, 0.15) is 22.9 Å². The fourth-order valence-electron chi connectivity index (χ4n) is 2.02. The molecule has 1 atom stereocenters. The van der Waals surface area contributed by atoms with Crippen molar-refractivity contribution in [3.63, 3.8) is 0 Å². The van der Waals surface area contributed by atoms with Crippen LogP contribution in [-0.4, -0.2) is 12.1 Å². The number of rotatable bonds is 4. The molecule has 2 N–H and O–H groups in total. The van der Waals surface area contributed by atoms with Crippen LogP contribution in [0.5, 0.6) is 5.75 Å². The molecule has 1 heterocycles. The van der Waals surface area contributed by atoms with E-state index in [1.807, 2.05) is 30.3 Å². The van der Waals surface area contributed by atoms with Crippen molar-refractivity contribution < 1.29 is 4.74 Å². The molecule has 2 aromatic rings. The summed E-state index contributed by atoms with van der Waals surface area (Å²) in [6.45, 7) is 2.05. The molecule has 1 aromatic carbocycles. The maximum Gasteiger partial charge on any atom is 0.123 e. The third-order valence-corrected chi connectivity index (χ3v) is 3.07. The number of para-hydroxylation sites is 1. The highest BCUT2D eigenvalue weighted by Crippen LogP contribution is 2.25. The number of hydrogen-bond donors (Lipinski definition) is 1. The molecule has 3 heteroatoms. The standard InChI is InChI=1S/C15H18N2O/c1-11-6-5-9-17-14(11)10-13(16)12-7-3-4-8-15(12)18-2/h3-9,13H,10,16H2,1-2H3. The number of aryl methyl sites for hydroxylation is 1. The number of benzene rings is 1. The van der Waals surface area contributed by atoms with Crippen LogP contribution < -0.4 is 10.5 Å². The number of nitrogens with zero attached hydrogens (tertiary/aromatic N) is 1. The van der Waals surface area contributed by atoms with Crippen molar-refractivity contribution in [2.24, 2.45) is 5.73 Å². The van der Waals surface area contributed by atoms with Gasteiger partial charge in [0.05, 0.1) is 7.11 Å². The van der Waals surface area contributed by atoms with Gasteiger partial charge < -0.3 is 10.5 Å². The van der Waals surface area contributed by atoms with Gasteiger partial charge in [0.15, 0.2) is 0 Å². The van der Waals surface area contributed by atoms with E-state index in [9.17, 15) is 0 Å². The maximum atomic E-state index is 6.25. The number of methoxy groups -OCH3 is 1. The van der Waals surface area contributed by atoms with E-state index in [1.165, 1.54) is 5.56 Å². The van der Waals surface area contributed by atoms with E-state index in [2.05, 4.69) is 18.0 Å². The summed E-state index contributed by atoms with van der Waals surface area (Å²) in [4.78, 5) is 4.38. The third kappa shape index (κ3) is 2.68. The van der Waals surface area contributed by atoms with Crippen LogP contribution in [0.25, 0.3) is 0 Å². The van der Waals surface area contributed by atoms with E-state index >= 15 is 0 Å². The molecule has 0 aliphatic rings. The smallest absolute Gasteiger partial charge is 0.123 e. The van der Waals surface area contributed by atoms with Crippen molar-refractivity contribution in [1.82, 2.24) is 4.98 Å². The van der Waals surface area contributed by atoms with Crippen molar-refractivity contribution in [3.05, 3.63) is 59.4 Å². The Morgan fingerprint density at radius 3 is 2.72 bits per heavy atom. The largest absolute Gasteiger partial charge is 0.496 e. The summed E-state index contributed by atoms with van der Waals surface area (Å²) in [6, 6.07) is 11.7. The van der Waals surface area contributed by atoms with Crippen molar-refractivity contribution >= 4 is 0 Å². The molecule has 2 rings (SSSR count). The Kier molecular flexibility index (Phi) is 3.95. The van der Waals surface area contributed by atoms with Gasteiger partial charge in [-0.05, 0) is 24.6 Å². The van der Waals surface area contributed by atoms with Gasteiger partial charge in [0.2, 0.25) is 0 Å². The van der Waals surface area contributed by atoms with Gasteiger partial charge in [0.25, 0.3) is 0 Å². The SMILES string of the molecule is COc1ccccc1C(N)Cc1ncccc1C. The minimum Gasteiger partial charge on any atom is -0.496 e. The van der Waals surface area contributed by atoms with Crippen molar-refractivity contribution in [2.75, 3.05) is 7.11 Å². The molecule has 3 nitrogen and oxygen atoms in total. The van der Waals surface area contributed by atoms with E-state index < -0.39 is 0 Å². The van der Waals surface area contributed by atoms with Crippen LogP contribution in [0.3, 0.4) is 0 Å². The second-order valence-electron chi connectivity index (χ2n) is 4.32. The molecule has 0 saturated carbocycles. The first-order valence-corrected chi connectivity index (χ1v) is 6.01. The Bertz CT molecular complexity index is 525. The van der Waals surface area contributed by atoms with Gasteiger partial charge >= 0.3 is 0 Å². The van der Waals surface area contributed by atoms with Gasteiger partial charge in [-0.25, -0.2) is 0 Å². The molecule has 0 saturated heterocycles. The van der Waals surface area contributed by atoms with E-state index in [0.29, 0.717) is 6.42 Å². The molecule has 0 bridgehead atoms. The molecule has 1 unspecified atom stereocenters. The monoisotopic (exact) mass is 242 g/mol. The number of nitrogens with two attached hydrogens (primary N) is 1. The topological polar surface area (TPSA) is 48.1 Å². The molecule has 0 aliphatic heterocycles. The summed E-state index contributed by atoms with van der Waals surface area (Å²) in [5, 5.41) is 0. The number of aromatic nitrogens is 1. The van der Waals surface area contributed by atoms with Gasteiger partial charge in [-0.3, -0.25) is 4.98 Å². The fourth-order valence-corrected chi connectivity index (χ4v) is 2.02. The van der Waals surface area contributed by atoms with Crippen LogP contribution in [-0.2, 0) is 6.42 Å². The first kappa shape index (κ1) is 12.6. The highest BCUT2D eigenvalue weighted by Gasteiger charge is 2.13. The Hall–Kier alpha value is -1.87. The molecule has 94 valence electrons. The lowest BCUT2D eigenvalue weighted by Gasteiger charge is -2.16. The zero-order valence-corrected chi connectivity index (χ0v) is 10.8. The Morgan fingerprint density at radius 2 is 2.00 bits per heavy atom. The van der Waals surface area contributed by atoms with Crippen LogP contribution in [0.4, 0.5) is 0 Å². The molecule has 0 fully saturated rings. The van der Waals surface area contributed by atoms with Gasteiger partial charge in [-0.15, -0.1) is 0 Å². The Labute approximate surface area is 108 Å². The lowest BCUT2D eigenvalue weighted by Crippen LogP contribution is -2.15. The number of pyridine rings is 1. The lowest BCUT2D eigenvalue weighted by atomic mass is 10.00. The second kappa shape index (κ2) is 5.65. The summed E-state index contributed by atoms with van der Waals surface area (Å²) in [5.74, 6) is 0.832. The first-order valence-electron chi connectivity index (χ1n) is 6.01. The number of ether oxygens (including phenoxy) is 1. The summed E-state index contributed by atoms with van der Waals surface area (Å²) < 4.78 is 5.33. The highest BCUT2D eigenvalue weighted by atomic mass is 16.5. The minimum absolute atomic E-state index is 0.102. The summed E-state index contributed by atoms with van der Waals surface area (Å²) >= 11 is 0. The van der Waals surface area contributed by atoms with E-state index in [0.717, 1.165) is 17.0 Å². The van der Waals surface area contributed by atoms with E-state index in [4.69, 9.17) is 10.5 Å². The Balaban J connectivity index is 2.22. The predicted octanol–water partition coefficient (Wildman–Crippen LogP) is 2.64. The molecular formula is C15H18N2O. The maximum absolute atomic E-state index is 6.25. The summed E-state index contributed by atoms with van der Waals surface area (Å²) in [5.41, 5.74) is 9.48. The summed E-state index contributed by atoms with van der Waals surface area (Å²) in [7, 11) is 1.66. The van der Waals surface area contributed by atoms with Crippen molar-refractivity contribution in [2.45, 2.75) is 19.4 Å². The normalized spacial score (nSPS) is 12.2. The third-order valence-electron chi connectivity index (χ3n) is 3.07. The van der Waals surface area contributed by atoms with Gasteiger partial charge in [-0.2, -0.15) is 0 Å². The lowest BCUT2D eigenvalue weighted by molar-refractivity contribution is 0.405. The average Bonchev–Trinajstić information content (AvgIpc) is 2.41. The molecular weight excluding hydrogens is 224 g/mol. The molecule has 0 amide bonds. The van der Waals surface area contributed by atoms with Gasteiger partial charge in [0, 0.05) is 29.9 Å². The molecule has 18 heavy (non-hydrogen) atoms. The summed E-state index contributed by atoms with van der Waals surface area (Å²) in [6.07, 6.45) is 2.52. The van der Waals surface area contributed by atoms with Gasteiger partial charge in [0.1, 0.15) is 5.75 Å². The second-order valence-corrected chi connectivity index (χ2v) is 4.32. The quantitative estimate of drug-likeness (QED) is 0.896. The fraction of sp³-hybridized carbons (Fsp3) is 0.267. The van der Waals surface area contributed by atoms with Crippen molar-refractivity contribution in [1.29, 1.82) is 0 Å². The predicted molar refractivity (Wildman–Crippen MR) is 72.6 cm³/mol.